The van der Waals surface area contributed by atoms with E-state index in [1.165, 1.54) is 103 Å². The summed E-state index contributed by atoms with van der Waals surface area (Å²) in [5, 5.41) is 0. The van der Waals surface area contributed by atoms with Crippen LogP contribution in [-0.2, 0) is 3.07 Å². The van der Waals surface area contributed by atoms with Crippen molar-refractivity contribution in [2.24, 2.45) is 0 Å². The summed E-state index contributed by atoms with van der Waals surface area (Å²) in [6, 6.07) is 0. The van der Waals surface area contributed by atoms with E-state index in [4.69, 9.17) is 3.07 Å². The normalized spacial score (nSPS) is 12.0. The molecular weight excluding hydrogens is 399 g/mol. The number of unbranched alkanes of at least 4 members (excludes halogenated alkanes) is 11. The standard InChI is InChI=1S/2C8H17.C4H9O.C2H5.Sn/c2*1-3-5-7-8-6-4-2;1-2-3-4-5;1-2;/h2*1,3-8H2,2H3;2-4H2,1H3;1H2,2H3;/q;;-1;;+1. The van der Waals surface area contributed by atoms with Crippen molar-refractivity contribution in [3.63, 3.8) is 0 Å². The van der Waals surface area contributed by atoms with E-state index in [2.05, 4.69) is 27.7 Å². The first-order chi connectivity index (χ1) is 11.7. The minimum absolute atomic E-state index is 1.06. The molecule has 0 radical (unpaired) electrons. The van der Waals surface area contributed by atoms with Gasteiger partial charge in [-0.2, -0.15) is 0 Å². The molecule has 0 aromatic heterocycles. The van der Waals surface area contributed by atoms with Crippen LogP contribution in [0.5, 0.6) is 0 Å². The van der Waals surface area contributed by atoms with Gasteiger partial charge in [-0.1, -0.05) is 0 Å². The molecule has 0 fully saturated rings. The fourth-order valence-corrected chi connectivity index (χ4v) is 14.5. The zero-order valence-corrected chi connectivity index (χ0v) is 20.5. The van der Waals surface area contributed by atoms with E-state index in [0.717, 1.165) is 6.61 Å². The van der Waals surface area contributed by atoms with Gasteiger partial charge in [0.2, 0.25) is 0 Å². The first kappa shape index (κ1) is 24.8. The van der Waals surface area contributed by atoms with Crippen molar-refractivity contribution in [2.45, 2.75) is 131 Å². The molecule has 0 N–H and O–H groups in total. The molecule has 0 rings (SSSR count). The Labute approximate surface area is 159 Å². The quantitative estimate of drug-likeness (QED) is 0.143. The van der Waals surface area contributed by atoms with E-state index in [1.807, 2.05) is 0 Å². The second-order valence-electron chi connectivity index (χ2n) is 7.77. The Bertz CT molecular complexity index is 226. The van der Waals surface area contributed by atoms with Crippen molar-refractivity contribution < 1.29 is 3.07 Å². The van der Waals surface area contributed by atoms with Gasteiger partial charge in [0.05, 0.1) is 0 Å². The molecule has 0 aliphatic rings. The van der Waals surface area contributed by atoms with Gasteiger partial charge in [0.15, 0.2) is 0 Å². The fourth-order valence-electron chi connectivity index (χ4n) is 3.61. The van der Waals surface area contributed by atoms with Crippen LogP contribution in [0, 0.1) is 0 Å². The van der Waals surface area contributed by atoms with Gasteiger partial charge < -0.3 is 0 Å². The molecule has 0 aromatic carbocycles. The molecule has 24 heavy (non-hydrogen) atoms. The van der Waals surface area contributed by atoms with Crippen molar-refractivity contribution in [2.75, 3.05) is 6.61 Å². The molecule has 1 nitrogen and oxygen atoms in total. The van der Waals surface area contributed by atoms with E-state index in [9.17, 15) is 0 Å². The van der Waals surface area contributed by atoms with Gasteiger partial charge in [0.1, 0.15) is 0 Å². The summed E-state index contributed by atoms with van der Waals surface area (Å²) in [6.07, 6.45) is 19.7. The SMILES string of the molecule is CCCCCCC[CH2][Sn]([CH2]C)([CH2]CCCCCCC)[O]CCCC. The van der Waals surface area contributed by atoms with Crippen molar-refractivity contribution in [3.05, 3.63) is 0 Å². The third kappa shape index (κ3) is 14.0. The predicted octanol–water partition coefficient (Wildman–Crippen LogP) is 8.49. The summed E-state index contributed by atoms with van der Waals surface area (Å²) in [6.45, 7) is 10.4. The summed E-state index contributed by atoms with van der Waals surface area (Å²) in [5.41, 5.74) is 0. The van der Waals surface area contributed by atoms with Crippen LogP contribution in [0.25, 0.3) is 0 Å². The molecular formula is C22H48OSn. The zero-order valence-electron chi connectivity index (χ0n) is 17.6. The number of hydrogen-bond donors (Lipinski definition) is 0. The topological polar surface area (TPSA) is 9.23 Å². The summed E-state index contributed by atoms with van der Waals surface area (Å²) in [5.74, 6) is 0. The predicted molar refractivity (Wildman–Crippen MR) is 113 cm³/mol. The molecule has 0 saturated carbocycles. The maximum absolute atomic E-state index is 6.68. The summed E-state index contributed by atoms with van der Waals surface area (Å²) >= 11 is -2.28. The Kier molecular flexibility index (Phi) is 19.1. The monoisotopic (exact) mass is 448 g/mol. The molecule has 0 bridgehead atoms. The Morgan fingerprint density at radius 3 is 1.33 bits per heavy atom. The van der Waals surface area contributed by atoms with Crippen molar-refractivity contribution >= 4 is 18.8 Å². The second kappa shape index (κ2) is 18.5. The van der Waals surface area contributed by atoms with Crippen LogP contribution in [-0.4, -0.2) is 25.4 Å². The Balaban J connectivity index is 4.14. The summed E-state index contributed by atoms with van der Waals surface area (Å²) < 4.78 is 11.1. The van der Waals surface area contributed by atoms with Gasteiger partial charge in [0.25, 0.3) is 0 Å². The van der Waals surface area contributed by atoms with E-state index in [-0.39, 0.29) is 0 Å². The molecule has 0 unspecified atom stereocenters. The molecule has 0 amide bonds. The Morgan fingerprint density at radius 2 is 0.917 bits per heavy atom. The van der Waals surface area contributed by atoms with E-state index >= 15 is 0 Å². The van der Waals surface area contributed by atoms with Crippen LogP contribution >= 0.6 is 0 Å². The molecule has 2 heteroatoms. The fraction of sp³-hybridized carbons (Fsp3) is 1.00. The molecule has 0 spiro atoms. The van der Waals surface area contributed by atoms with Gasteiger partial charge >= 0.3 is 159 Å². The van der Waals surface area contributed by atoms with E-state index < -0.39 is 18.8 Å². The van der Waals surface area contributed by atoms with Crippen LogP contribution < -0.4 is 0 Å². The first-order valence-electron chi connectivity index (χ1n) is 11.4. The van der Waals surface area contributed by atoms with Crippen LogP contribution in [0.1, 0.15) is 118 Å². The van der Waals surface area contributed by atoms with Crippen LogP contribution in [0.3, 0.4) is 0 Å². The molecule has 0 aromatic rings. The average molecular weight is 447 g/mol. The molecule has 0 atom stereocenters. The second-order valence-corrected chi connectivity index (χ2v) is 20.2. The van der Waals surface area contributed by atoms with E-state index in [0.29, 0.717) is 0 Å². The summed E-state index contributed by atoms with van der Waals surface area (Å²) in [4.78, 5) is 0. The molecule has 0 saturated heterocycles. The Morgan fingerprint density at radius 1 is 0.500 bits per heavy atom. The zero-order chi connectivity index (χ0) is 17.9. The van der Waals surface area contributed by atoms with Crippen molar-refractivity contribution in [1.82, 2.24) is 0 Å². The van der Waals surface area contributed by atoms with Crippen molar-refractivity contribution in [3.8, 4) is 0 Å². The third-order valence-electron chi connectivity index (χ3n) is 5.52. The average Bonchev–Trinajstić information content (AvgIpc) is 2.60. The van der Waals surface area contributed by atoms with Gasteiger partial charge in [-0.25, -0.2) is 0 Å². The number of rotatable bonds is 19. The molecule has 0 heterocycles. The van der Waals surface area contributed by atoms with Crippen molar-refractivity contribution in [1.29, 1.82) is 0 Å². The van der Waals surface area contributed by atoms with Crippen LogP contribution in [0.2, 0.25) is 13.3 Å². The van der Waals surface area contributed by atoms with Gasteiger partial charge in [0, 0.05) is 0 Å². The third-order valence-corrected chi connectivity index (χ3v) is 18.8. The maximum atomic E-state index is 6.68. The first-order valence-corrected chi connectivity index (χ1v) is 18.6. The van der Waals surface area contributed by atoms with E-state index in [1.54, 1.807) is 0 Å². The summed E-state index contributed by atoms with van der Waals surface area (Å²) in [7, 11) is 0. The van der Waals surface area contributed by atoms with Gasteiger partial charge in [-0.3, -0.25) is 0 Å². The molecule has 0 aliphatic heterocycles. The van der Waals surface area contributed by atoms with Crippen LogP contribution in [0.4, 0.5) is 0 Å². The number of hydrogen-bond acceptors (Lipinski definition) is 1. The van der Waals surface area contributed by atoms with Gasteiger partial charge in [-0.05, 0) is 0 Å². The minimum atomic E-state index is -2.28. The van der Waals surface area contributed by atoms with Gasteiger partial charge in [-0.15, -0.1) is 0 Å². The van der Waals surface area contributed by atoms with Crippen LogP contribution in [0.15, 0.2) is 0 Å². The Hall–Kier alpha value is 0.759. The molecule has 146 valence electrons. The molecule has 0 aliphatic carbocycles.